The lowest BCUT2D eigenvalue weighted by Gasteiger charge is -2.15. The van der Waals surface area contributed by atoms with Crippen molar-refractivity contribution in [3.8, 4) is 0 Å². The molecule has 1 atom stereocenters. The van der Waals surface area contributed by atoms with E-state index in [9.17, 15) is 0 Å². The smallest absolute Gasteiger partial charge is 0.163 e. The second-order valence-corrected chi connectivity index (χ2v) is 5.53. The number of aryl methyl sites for hydroxylation is 2. The van der Waals surface area contributed by atoms with Crippen LogP contribution in [0.4, 0.5) is 5.82 Å². The van der Waals surface area contributed by atoms with Crippen LogP contribution in [-0.2, 0) is 7.05 Å². The summed E-state index contributed by atoms with van der Waals surface area (Å²) in [5.74, 6) is 1.56. The summed E-state index contributed by atoms with van der Waals surface area (Å²) in [6.45, 7) is 4.02. The number of nitrogens with one attached hydrogen (secondary N) is 1. The van der Waals surface area contributed by atoms with Gasteiger partial charge in [-0.3, -0.25) is 4.68 Å². The molecule has 3 aromatic rings. The minimum atomic E-state index is 0.160. The lowest BCUT2D eigenvalue weighted by molar-refractivity contribution is 0.737. The molecule has 0 aliphatic heterocycles. The maximum absolute atomic E-state index is 4.51. The monoisotopic (exact) mass is 288 g/mol. The van der Waals surface area contributed by atoms with Gasteiger partial charge in [0.2, 0.25) is 0 Å². The van der Waals surface area contributed by atoms with Crippen LogP contribution < -0.4 is 5.32 Å². The van der Waals surface area contributed by atoms with E-state index in [2.05, 4.69) is 32.3 Å². The molecule has 0 aromatic carbocycles. The molecule has 104 valence electrons. The van der Waals surface area contributed by atoms with Crippen molar-refractivity contribution in [1.29, 1.82) is 0 Å². The Balaban J connectivity index is 2.01. The van der Waals surface area contributed by atoms with E-state index >= 15 is 0 Å². The highest BCUT2D eigenvalue weighted by molar-refractivity contribution is 7.09. The first-order valence-corrected chi connectivity index (χ1v) is 7.39. The number of hydrogen-bond donors (Lipinski definition) is 1. The first-order chi connectivity index (χ1) is 9.69. The highest BCUT2D eigenvalue weighted by Gasteiger charge is 2.16. The molecule has 0 aliphatic rings. The second-order valence-electron chi connectivity index (χ2n) is 4.60. The Hall–Kier alpha value is -2.02. The topological polar surface area (TPSA) is 68.5 Å². The number of rotatable bonds is 4. The molecule has 1 unspecified atom stereocenters. The third-order valence-electron chi connectivity index (χ3n) is 3.17. The van der Waals surface area contributed by atoms with Crippen LogP contribution in [0.15, 0.2) is 17.8 Å². The minimum Gasteiger partial charge on any atom is -0.360 e. The highest BCUT2D eigenvalue weighted by atomic mass is 32.1. The van der Waals surface area contributed by atoms with E-state index < -0.39 is 0 Å². The van der Waals surface area contributed by atoms with Gasteiger partial charge in [-0.25, -0.2) is 15.0 Å². The van der Waals surface area contributed by atoms with Gasteiger partial charge in [-0.15, -0.1) is 11.3 Å². The number of hydrogen-bond acceptors (Lipinski definition) is 6. The summed E-state index contributed by atoms with van der Waals surface area (Å²) in [5.41, 5.74) is 0.842. The number of fused-ring (bicyclic) bond motifs is 1. The molecule has 6 nitrogen and oxygen atoms in total. The van der Waals surface area contributed by atoms with Gasteiger partial charge >= 0.3 is 0 Å². The van der Waals surface area contributed by atoms with E-state index in [1.807, 2.05) is 25.5 Å². The fraction of sp³-hybridized carbons (Fsp3) is 0.385. The zero-order valence-electron chi connectivity index (χ0n) is 11.7. The first-order valence-electron chi connectivity index (χ1n) is 6.51. The highest BCUT2D eigenvalue weighted by Crippen LogP contribution is 2.27. The fourth-order valence-electron chi connectivity index (χ4n) is 2.15. The molecule has 3 rings (SSSR count). The first kappa shape index (κ1) is 13.0. The Morgan fingerprint density at radius 2 is 2.25 bits per heavy atom. The summed E-state index contributed by atoms with van der Waals surface area (Å²) in [5, 5.41) is 11.7. The third kappa shape index (κ3) is 2.24. The van der Waals surface area contributed by atoms with Crippen molar-refractivity contribution in [1.82, 2.24) is 24.7 Å². The molecular weight excluding hydrogens is 272 g/mol. The quantitative estimate of drug-likeness (QED) is 0.799. The summed E-state index contributed by atoms with van der Waals surface area (Å²) in [4.78, 5) is 13.3. The largest absolute Gasteiger partial charge is 0.360 e. The zero-order valence-corrected chi connectivity index (χ0v) is 12.5. The van der Waals surface area contributed by atoms with Crippen molar-refractivity contribution >= 4 is 28.2 Å². The maximum Gasteiger partial charge on any atom is 0.163 e. The van der Waals surface area contributed by atoms with E-state index in [-0.39, 0.29) is 6.04 Å². The van der Waals surface area contributed by atoms with Gasteiger partial charge in [0, 0.05) is 18.6 Å². The van der Waals surface area contributed by atoms with E-state index in [1.54, 1.807) is 22.2 Å². The Bertz CT molecular complexity index is 718. The Morgan fingerprint density at radius 1 is 1.40 bits per heavy atom. The van der Waals surface area contributed by atoms with Gasteiger partial charge in [-0.1, -0.05) is 6.92 Å². The molecule has 7 heteroatoms. The summed E-state index contributed by atoms with van der Waals surface area (Å²) in [6.07, 6.45) is 4.57. The van der Waals surface area contributed by atoms with Gasteiger partial charge in [-0.05, 0) is 13.3 Å². The normalized spacial score (nSPS) is 12.8. The van der Waals surface area contributed by atoms with Gasteiger partial charge in [0.1, 0.15) is 16.6 Å². The lowest BCUT2D eigenvalue weighted by atomic mass is 10.2. The lowest BCUT2D eigenvalue weighted by Crippen LogP contribution is -2.11. The average molecular weight is 288 g/mol. The SMILES string of the molecule is CCC(Nc1nc(C)nc2c1cnn2C)c1nccs1. The van der Waals surface area contributed by atoms with E-state index in [4.69, 9.17) is 0 Å². The predicted octanol–water partition coefficient (Wildman–Crippen LogP) is 2.69. The van der Waals surface area contributed by atoms with Crippen molar-refractivity contribution < 1.29 is 0 Å². The van der Waals surface area contributed by atoms with Crippen molar-refractivity contribution in [2.24, 2.45) is 7.05 Å². The van der Waals surface area contributed by atoms with Crippen LogP contribution in [0.1, 0.15) is 30.2 Å². The van der Waals surface area contributed by atoms with E-state index in [0.717, 1.165) is 34.1 Å². The predicted molar refractivity (Wildman–Crippen MR) is 79.8 cm³/mol. The molecule has 0 amide bonds. The van der Waals surface area contributed by atoms with Crippen molar-refractivity contribution in [3.63, 3.8) is 0 Å². The molecule has 0 fully saturated rings. The maximum atomic E-state index is 4.51. The molecule has 0 bridgehead atoms. The molecule has 0 aliphatic carbocycles. The molecule has 20 heavy (non-hydrogen) atoms. The molecular formula is C13H16N6S. The number of anilines is 1. The van der Waals surface area contributed by atoms with E-state index in [0.29, 0.717) is 0 Å². The summed E-state index contributed by atoms with van der Waals surface area (Å²) < 4.78 is 1.76. The Labute approximate surface area is 120 Å². The molecule has 0 radical (unpaired) electrons. The molecule has 0 spiro atoms. The van der Waals surface area contributed by atoms with Crippen molar-refractivity contribution in [3.05, 3.63) is 28.6 Å². The average Bonchev–Trinajstić information content (AvgIpc) is 3.07. The van der Waals surface area contributed by atoms with Crippen LogP contribution in [0.2, 0.25) is 0 Å². The second kappa shape index (κ2) is 5.16. The van der Waals surface area contributed by atoms with Crippen molar-refractivity contribution in [2.45, 2.75) is 26.3 Å². The van der Waals surface area contributed by atoms with Gasteiger partial charge in [-0.2, -0.15) is 5.10 Å². The van der Waals surface area contributed by atoms with Gasteiger partial charge in [0.05, 0.1) is 17.6 Å². The molecule has 1 N–H and O–H groups in total. The third-order valence-corrected chi connectivity index (χ3v) is 4.06. The van der Waals surface area contributed by atoms with Crippen LogP contribution >= 0.6 is 11.3 Å². The van der Waals surface area contributed by atoms with Crippen LogP contribution in [0.3, 0.4) is 0 Å². The Morgan fingerprint density at radius 3 is 2.95 bits per heavy atom. The van der Waals surface area contributed by atoms with Crippen molar-refractivity contribution in [2.75, 3.05) is 5.32 Å². The summed E-state index contributed by atoms with van der Waals surface area (Å²) >= 11 is 1.65. The standard InChI is InChI=1S/C13H16N6S/c1-4-10(13-14-5-6-20-13)18-11-9-7-15-19(3)12(9)17-8(2)16-11/h5-7,10H,4H2,1-3H3,(H,16,17,18). The van der Waals surface area contributed by atoms with Gasteiger partial charge < -0.3 is 5.32 Å². The molecule has 3 aromatic heterocycles. The van der Waals surface area contributed by atoms with E-state index in [1.165, 1.54) is 0 Å². The number of thiazole rings is 1. The molecule has 3 heterocycles. The molecule has 0 saturated heterocycles. The minimum absolute atomic E-state index is 0.160. The van der Waals surface area contributed by atoms with Gasteiger partial charge in [0.25, 0.3) is 0 Å². The number of nitrogens with zero attached hydrogens (tertiary/aromatic N) is 5. The summed E-state index contributed by atoms with van der Waals surface area (Å²) in [6, 6.07) is 0.160. The molecule has 0 saturated carbocycles. The Kier molecular flexibility index (Phi) is 3.35. The van der Waals surface area contributed by atoms with Crippen LogP contribution in [0, 0.1) is 6.92 Å². The fourth-order valence-corrected chi connectivity index (χ4v) is 2.92. The summed E-state index contributed by atoms with van der Waals surface area (Å²) in [7, 11) is 1.89. The van der Waals surface area contributed by atoms with Crippen LogP contribution in [0.25, 0.3) is 11.0 Å². The van der Waals surface area contributed by atoms with Crippen LogP contribution in [-0.4, -0.2) is 24.7 Å². The van der Waals surface area contributed by atoms with Gasteiger partial charge in [0.15, 0.2) is 5.65 Å². The zero-order chi connectivity index (χ0) is 14.1. The number of aromatic nitrogens is 5. The van der Waals surface area contributed by atoms with Crippen LogP contribution in [0.5, 0.6) is 0 Å².